The second kappa shape index (κ2) is 8.23. The Balaban J connectivity index is 1.25. The van der Waals surface area contributed by atoms with Crippen molar-refractivity contribution in [2.75, 3.05) is 0 Å². The van der Waals surface area contributed by atoms with E-state index in [1.807, 2.05) is 30.3 Å². The molecule has 6 rings (SSSR count). The third kappa shape index (κ3) is 4.30. The van der Waals surface area contributed by atoms with Crippen molar-refractivity contribution in [2.45, 2.75) is 31.5 Å². The molecule has 2 aromatic heterocycles. The fraction of sp³-hybridized carbons (Fsp3) is 0.185. The molecule has 8 heteroatoms. The van der Waals surface area contributed by atoms with Crippen LogP contribution in [0.15, 0.2) is 66.9 Å². The number of H-pyrrole nitrogens is 1. The van der Waals surface area contributed by atoms with Crippen LogP contribution < -0.4 is 5.32 Å². The monoisotopic (exact) mass is 491 g/mol. The maximum absolute atomic E-state index is 13.0. The first kappa shape index (κ1) is 21.9. The van der Waals surface area contributed by atoms with E-state index in [2.05, 4.69) is 16.4 Å². The van der Waals surface area contributed by atoms with E-state index < -0.39 is 11.7 Å². The van der Waals surface area contributed by atoms with Gasteiger partial charge in [-0.25, -0.2) is 4.98 Å². The molecule has 0 aliphatic heterocycles. The van der Waals surface area contributed by atoms with Crippen LogP contribution in [-0.4, -0.2) is 15.9 Å². The number of fused-ring (bicyclic) bond motifs is 2. The average Bonchev–Trinajstić information content (AvgIpc) is 3.47. The predicted octanol–water partition coefficient (Wildman–Crippen LogP) is 7.27. The summed E-state index contributed by atoms with van der Waals surface area (Å²) in [7, 11) is 0. The van der Waals surface area contributed by atoms with Crippen LogP contribution in [0.2, 0.25) is 0 Å². The molecule has 1 fully saturated rings. The zero-order chi connectivity index (χ0) is 24.2. The molecule has 3 aromatic carbocycles. The van der Waals surface area contributed by atoms with Crippen molar-refractivity contribution in [2.24, 2.45) is 0 Å². The number of nitrogens with one attached hydrogen (secondary N) is 2. The van der Waals surface area contributed by atoms with Gasteiger partial charge >= 0.3 is 6.18 Å². The Bertz CT molecular complexity index is 1580. The number of aromatic nitrogens is 2. The number of carbonyl (C=O) groups excluding carboxylic acids is 1. The largest absolute Gasteiger partial charge is 0.416 e. The smallest absolute Gasteiger partial charge is 0.360 e. The van der Waals surface area contributed by atoms with E-state index >= 15 is 0 Å². The first-order valence-electron chi connectivity index (χ1n) is 11.3. The minimum absolute atomic E-state index is 0.000486. The van der Waals surface area contributed by atoms with E-state index in [9.17, 15) is 18.0 Å². The Hall–Kier alpha value is -3.65. The van der Waals surface area contributed by atoms with Gasteiger partial charge < -0.3 is 10.3 Å². The van der Waals surface area contributed by atoms with E-state index in [0.717, 1.165) is 44.4 Å². The summed E-state index contributed by atoms with van der Waals surface area (Å²) >= 11 is 1.75. The lowest BCUT2D eigenvalue weighted by Crippen LogP contribution is -2.22. The van der Waals surface area contributed by atoms with Gasteiger partial charge in [0.05, 0.1) is 26.4 Å². The summed E-state index contributed by atoms with van der Waals surface area (Å²) in [6.45, 7) is 0.000486. The van der Waals surface area contributed by atoms with Crippen molar-refractivity contribution in [3.63, 3.8) is 0 Å². The molecule has 35 heavy (non-hydrogen) atoms. The molecule has 0 spiro atoms. The zero-order valence-electron chi connectivity index (χ0n) is 18.4. The molecule has 0 atom stereocenters. The Kier molecular flexibility index (Phi) is 5.14. The lowest BCUT2D eigenvalue weighted by atomic mass is 10.0. The van der Waals surface area contributed by atoms with Crippen LogP contribution in [0.4, 0.5) is 13.2 Å². The van der Waals surface area contributed by atoms with E-state index in [-0.39, 0.29) is 12.5 Å². The van der Waals surface area contributed by atoms with E-state index in [1.165, 1.54) is 23.9 Å². The molecule has 0 bridgehead atoms. The summed E-state index contributed by atoms with van der Waals surface area (Å²) < 4.78 is 40.1. The average molecular weight is 492 g/mol. The first-order chi connectivity index (χ1) is 16.8. The highest BCUT2D eigenvalue weighted by atomic mass is 32.1. The molecule has 176 valence electrons. The van der Waals surface area contributed by atoms with E-state index in [1.54, 1.807) is 23.6 Å². The lowest BCUT2D eigenvalue weighted by molar-refractivity contribution is -0.137. The number of aromatic amines is 1. The first-order valence-corrected chi connectivity index (χ1v) is 12.1. The molecule has 4 nitrogen and oxygen atoms in total. The summed E-state index contributed by atoms with van der Waals surface area (Å²) in [4.78, 5) is 20.8. The van der Waals surface area contributed by atoms with Crippen LogP contribution in [0.1, 0.15) is 45.3 Å². The quantitative estimate of drug-likeness (QED) is 0.272. The van der Waals surface area contributed by atoms with Crippen molar-refractivity contribution in [3.8, 4) is 11.1 Å². The van der Waals surface area contributed by atoms with Gasteiger partial charge in [0.25, 0.3) is 5.91 Å². The lowest BCUT2D eigenvalue weighted by Gasteiger charge is -2.09. The molecule has 5 aromatic rings. The number of carbonyl (C=O) groups is 1. The van der Waals surface area contributed by atoms with Gasteiger partial charge in [0, 0.05) is 29.6 Å². The Morgan fingerprint density at radius 2 is 1.86 bits per heavy atom. The summed E-state index contributed by atoms with van der Waals surface area (Å²) in [5.74, 6) is 0.266. The summed E-state index contributed by atoms with van der Waals surface area (Å²) in [5.41, 5.74) is 3.95. The minimum Gasteiger partial charge on any atom is -0.360 e. The molecular formula is C27H20F3N3OS. The molecule has 1 saturated carbocycles. The predicted molar refractivity (Wildman–Crippen MR) is 132 cm³/mol. The van der Waals surface area contributed by atoms with Gasteiger partial charge in [0.2, 0.25) is 0 Å². The van der Waals surface area contributed by atoms with Crippen molar-refractivity contribution in [3.05, 3.63) is 88.6 Å². The van der Waals surface area contributed by atoms with E-state index in [4.69, 9.17) is 4.98 Å². The molecule has 0 saturated heterocycles. The molecule has 1 aliphatic carbocycles. The van der Waals surface area contributed by atoms with Crippen LogP contribution in [0, 0.1) is 0 Å². The van der Waals surface area contributed by atoms with Crippen LogP contribution >= 0.6 is 11.3 Å². The number of halogens is 3. The maximum Gasteiger partial charge on any atom is 0.416 e. The highest BCUT2D eigenvalue weighted by Gasteiger charge is 2.30. The summed E-state index contributed by atoms with van der Waals surface area (Å²) in [6, 6.07) is 17.1. The van der Waals surface area contributed by atoms with Crippen LogP contribution in [0.3, 0.4) is 0 Å². The Morgan fingerprint density at radius 3 is 2.66 bits per heavy atom. The number of benzene rings is 3. The van der Waals surface area contributed by atoms with Crippen molar-refractivity contribution in [1.29, 1.82) is 0 Å². The highest BCUT2D eigenvalue weighted by molar-refractivity contribution is 7.18. The SMILES string of the molecule is O=C(NCc1cccc(C(F)(F)F)c1)c1c[nH]c2ccc(-c3ccc4nc(C5CC5)sc4c3)cc12. The number of hydrogen-bond donors (Lipinski definition) is 2. The third-order valence-electron chi connectivity index (χ3n) is 6.30. The number of alkyl halides is 3. The number of thiazole rings is 1. The maximum atomic E-state index is 13.0. The van der Waals surface area contributed by atoms with Gasteiger partial charge in [-0.1, -0.05) is 24.3 Å². The van der Waals surface area contributed by atoms with Gasteiger partial charge in [0.15, 0.2) is 0 Å². The molecular weight excluding hydrogens is 471 g/mol. The third-order valence-corrected chi connectivity index (χ3v) is 7.48. The fourth-order valence-electron chi connectivity index (χ4n) is 4.25. The van der Waals surface area contributed by atoms with Gasteiger partial charge in [-0.2, -0.15) is 13.2 Å². The van der Waals surface area contributed by atoms with E-state index in [0.29, 0.717) is 17.0 Å². The second-order valence-electron chi connectivity index (χ2n) is 8.85. The second-order valence-corrected chi connectivity index (χ2v) is 9.91. The molecule has 0 unspecified atom stereocenters. The van der Waals surface area contributed by atoms with Gasteiger partial charge in [-0.15, -0.1) is 11.3 Å². The molecule has 2 N–H and O–H groups in total. The summed E-state index contributed by atoms with van der Waals surface area (Å²) in [5, 5.41) is 4.70. The molecule has 1 aliphatic rings. The minimum atomic E-state index is -4.42. The molecule has 1 amide bonds. The zero-order valence-corrected chi connectivity index (χ0v) is 19.3. The normalized spacial score (nSPS) is 14.0. The number of hydrogen-bond acceptors (Lipinski definition) is 3. The summed E-state index contributed by atoms with van der Waals surface area (Å²) in [6.07, 6.45) is -0.357. The Labute approximate surface area is 202 Å². The van der Waals surface area contributed by atoms with Crippen molar-refractivity contribution < 1.29 is 18.0 Å². The molecule has 2 heterocycles. The van der Waals surface area contributed by atoms with Crippen LogP contribution in [0.5, 0.6) is 0 Å². The van der Waals surface area contributed by atoms with Gasteiger partial charge in [-0.05, 0) is 65.9 Å². The van der Waals surface area contributed by atoms with Crippen molar-refractivity contribution in [1.82, 2.24) is 15.3 Å². The fourth-order valence-corrected chi connectivity index (χ4v) is 5.43. The van der Waals surface area contributed by atoms with Gasteiger partial charge in [-0.3, -0.25) is 4.79 Å². The van der Waals surface area contributed by atoms with Gasteiger partial charge in [0.1, 0.15) is 0 Å². The highest BCUT2D eigenvalue weighted by Crippen LogP contribution is 2.43. The number of rotatable bonds is 5. The Morgan fingerprint density at radius 1 is 1.06 bits per heavy atom. The van der Waals surface area contributed by atoms with Crippen LogP contribution in [-0.2, 0) is 12.7 Å². The topological polar surface area (TPSA) is 57.8 Å². The molecule has 0 radical (unpaired) electrons. The van der Waals surface area contributed by atoms with Crippen LogP contribution in [0.25, 0.3) is 32.2 Å². The number of amides is 1. The van der Waals surface area contributed by atoms with Crippen molar-refractivity contribution >= 4 is 38.4 Å². The standard InChI is InChI=1S/C27H20F3N3OS/c28-27(29,30)19-3-1-2-15(10-19)13-32-25(34)21-14-31-22-8-6-17(11-20(21)22)18-7-9-23-24(12-18)35-26(33-23)16-4-5-16/h1-3,6-12,14,16,31H,4-5,13H2,(H,32,34). The number of nitrogens with zero attached hydrogens (tertiary/aromatic N) is 1.